The smallest absolute Gasteiger partial charge is 0.320 e. The largest absolute Gasteiger partial charge is 0.469 e. The van der Waals surface area contributed by atoms with Crippen LogP contribution in [0.25, 0.3) is 0 Å². The minimum absolute atomic E-state index is 0.00633. The maximum atomic E-state index is 12.6. The number of rotatable bonds is 5. The molecule has 0 amide bonds. The van der Waals surface area contributed by atoms with Gasteiger partial charge in [0.1, 0.15) is 0 Å². The number of nitrogens with zero attached hydrogens (tertiary/aromatic N) is 1. The zero-order valence-corrected chi connectivity index (χ0v) is 16.4. The topological polar surface area (TPSA) is 55.8 Å². The molecule has 0 aromatic heterocycles. The zero-order chi connectivity index (χ0) is 18.8. The fourth-order valence-electron chi connectivity index (χ4n) is 4.46. The van der Waals surface area contributed by atoms with Gasteiger partial charge in [0.2, 0.25) is 0 Å². The molecular weight excluding hydrogens is 377 g/mol. The summed E-state index contributed by atoms with van der Waals surface area (Å²) in [5, 5.41) is 0.974. The number of esters is 2. The lowest BCUT2D eigenvalue weighted by Crippen LogP contribution is -2.52. The van der Waals surface area contributed by atoms with E-state index in [1.54, 1.807) is 13.0 Å². The molecule has 0 spiro atoms. The molecule has 2 heterocycles. The Kier molecular flexibility index (Phi) is 6.10. The molecule has 1 aromatic carbocycles. The Hall–Kier alpha value is -1.30. The van der Waals surface area contributed by atoms with Gasteiger partial charge in [0, 0.05) is 18.0 Å². The summed E-state index contributed by atoms with van der Waals surface area (Å²) in [6.45, 7) is 2.36. The van der Waals surface area contributed by atoms with E-state index in [1.165, 1.54) is 7.11 Å². The molecule has 7 heteroatoms. The van der Waals surface area contributed by atoms with Gasteiger partial charge in [-0.1, -0.05) is 29.3 Å². The summed E-state index contributed by atoms with van der Waals surface area (Å²) in [7, 11) is 1.41. The molecule has 2 aliphatic rings. The highest BCUT2D eigenvalue weighted by Crippen LogP contribution is 2.48. The van der Waals surface area contributed by atoms with E-state index in [0.717, 1.165) is 24.8 Å². The van der Waals surface area contributed by atoms with Crippen LogP contribution in [0.15, 0.2) is 18.2 Å². The second-order valence-corrected chi connectivity index (χ2v) is 7.65. The highest BCUT2D eigenvalue weighted by atomic mass is 35.5. The van der Waals surface area contributed by atoms with E-state index in [4.69, 9.17) is 32.7 Å². The van der Waals surface area contributed by atoms with E-state index in [9.17, 15) is 9.59 Å². The summed E-state index contributed by atoms with van der Waals surface area (Å²) in [6, 6.07) is 5.73. The fraction of sp³-hybridized carbons (Fsp3) is 0.579. The number of carbonyl (C=O) groups excluding carboxylic acids is 2. The predicted molar refractivity (Wildman–Crippen MR) is 99.5 cm³/mol. The average molecular weight is 400 g/mol. The predicted octanol–water partition coefficient (Wildman–Crippen LogP) is 3.67. The number of ether oxygens (including phenoxy) is 2. The van der Waals surface area contributed by atoms with Crippen LogP contribution in [0.2, 0.25) is 10.0 Å². The second-order valence-electron chi connectivity index (χ2n) is 6.84. The molecule has 26 heavy (non-hydrogen) atoms. The minimum atomic E-state index is -0.342. The Morgan fingerprint density at radius 2 is 2.00 bits per heavy atom. The third-order valence-electron chi connectivity index (χ3n) is 5.53. The van der Waals surface area contributed by atoms with Crippen LogP contribution < -0.4 is 0 Å². The van der Waals surface area contributed by atoms with E-state index in [-0.39, 0.29) is 42.4 Å². The lowest BCUT2D eigenvalue weighted by molar-refractivity contribution is -0.154. The quantitative estimate of drug-likeness (QED) is 0.706. The second kappa shape index (κ2) is 8.15. The Balaban J connectivity index is 1.90. The van der Waals surface area contributed by atoms with E-state index in [0.29, 0.717) is 16.7 Å². The van der Waals surface area contributed by atoms with Crippen molar-refractivity contribution < 1.29 is 19.1 Å². The van der Waals surface area contributed by atoms with Gasteiger partial charge in [-0.25, -0.2) is 0 Å². The maximum Gasteiger partial charge on any atom is 0.320 e. The lowest BCUT2D eigenvalue weighted by Gasteiger charge is -2.43. The zero-order valence-electron chi connectivity index (χ0n) is 14.9. The minimum Gasteiger partial charge on any atom is -0.469 e. The molecule has 0 radical (unpaired) electrons. The Morgan fingerprint density at radius 1 is 1.23 bits per heavy atom. The number of piperidine rings is 1. The molecule has 2 saturated heterocycles. The van der Waals surface area contributed by atoms with Gasteiger partial charge in [-0.05, 0) is 43.9 Å². The highest BCUT2D eigenvalue weighted by Gasteiger charge is 2.51. The third kappa shape index (κ3) is 3.71. The molecule has 0 saturated carbocycles. The normalized spacial score (nSPS) is 28.0. The fourth-order valence-corrected chi connectivity index (χ4v) is 4.77. The van der Waals surface area contributed by atoms with Crippen molar-refractivity contribution in [3.05, 3.63) is 33.8 Å². The van der Waals surface area contributed by atoms with Gasteiger partial charge in [-0.2, -0.15) is 0 Å². The van der Waals surface area contributed by atoms with Crippen molar-refractivity contribution in [2.75, 3.05) is 20.3 Å². The van der Waals surface area contributed by atoms with Crippen molar-refractivity contribution in [3.8, 4) is 0 Å². The molecule has 2 fully saturated rings. The van der Waals surface area contributed by atoms with Gasteiger partial charge in [-0.15, -0.1) is 0 Å². The molecular formula is C19H23Cl2NO4. The van der Waals surface area contributed by atoms with E-state index in [1.807, 2.05) is 12.1 Å². The summed E-state index contributed by atoms with van der Waals surface area (Å²) in [5.74, 6) is -0.847. The van der Waals surface area contributed by atoms with Crippen molar-refractivity contribution in [3.63, 3.8) is 0 Å². The van der Waals surface area contributed by atoms with Crippen molar-refractivity contribution in [2.45, 2.75) is 44.2 Å². The van der Waals surface area contributed by atoms with Crippen molar-refractivity contribution in [2.24, 2.45) is 5.92 Å². The summed E-state index contributed by atoms with van der Waals surface area (Å²) in [6.07, 6.45) is 2.59. The first-order chi connectivity index (χ1) is 12.5. The van der Waals surface area contributed by atoms with Crippen molar-refractivity contribution >= 4 is 35.1 Å². The van der Waals surface area contributed by atoms with Crippen molar-refractivity contribution in [1.82, 2.24) is 4.90 Å². The number of carbonyl (C=O) groups is 2. The third-order valence-corrected chi connectivity index (χ3v) is 6.27. The molecule has 4 atom stereocenters. The SMILES string of the molecule is CCOC(=O)CN1C2CCC1C(C(=O)OC)C(c1ccc(Cl)c(Cl)c1)C2. The number of benzene rings is 1. The molecule has 2 aliphatic heterocycles. The van der Waals surface area contributed by atoms with Gasteiger partial charge in [0.15, 0.2) is 0 Å². The van der Waals surface area contributed by atoms with Gasteiger partial charge < -0.3 is 9.47 Å². The van der Waals surface area contributed by atoms with Crippen LogP contribution in [-0.2, 0) is 19.1 Å². The summed E-state index contributed by atoms with van der Waals surface area (Å²) >= 11 is 12.2. The van der Waals surface area contributed by atoms with E-state index in [2.05, 4.69) is 4.90 Å². The molecule has 142 valence electrons. The van der Waals surface area contributed by atoms with Crippen LogP contribution in [0, 0.1) is 5.92 Å². The van der Waals surface area contributed by atoms with E-state index < -0.39 is 0 Å². The van der Waals surface area contributed by atoms with Gasteiger partial charge in [0.25, 0.3) is 0 Å². The summed E-state index contributed by atoms with van der Waals surface area (Å²) in [4.78, 5) is 26.7. The number of halogens is 2. The Bertz CT molecular complexity index is 696. The van der Waals surface area contributed by atoms with Gasteiger partial charge >= 0.3 is 11.9 Å². The van der Waals surface area contributed by atoms with E-state index >= 15 is 0 Å². The lowest BCUT2D eigenvalue weighted by atomic mass is 9.76. The summed E-state index contributed by atoms with van der Waals surface area (Å²) < 4.78 is 10.2. The van der Waals surface area contributed by atoms with Crippen LogP contribution in [0.1, 0.15) is 37.7 Å². The number of methoxy groups -OCH3 is 1. The molecule has 3 rings (SSSR count). The molecule has 0 aliphatic carbocycles. The molecule has 1 aromatic rings. The Labute approximate surface area is 163 Å². The Morgan fingerprint density at radius 3 is 2.65 bits per heavy atom. The number of hydrogen-bond acceptors (Lipinski definition) is 5. The molecule has 0 N–H and O–H groups in total. The molecule has 5 nitrogen and oxygen atoms in total. The monoisotopic (exact) mass is 399 g/mol. The van der Waals surface area contributed by atoms with Crippen LogP contribution in [0.3, 0.4) is 0 Å². The maximum absolute atomic E-state index is 12.6. The van der Waals surface area contributed by atoms with Crippen LogP contribution in [-0.4, -0.2) is 49.2 Å². The highest BCUT2D eigenvalue weighted by molar-refractivity contribution is 6.42. The first kappa shape index (κ1) is 19.5. The first-order valence-electron chi connectivity index (χ1n) is 8.90. The van der Waals surface area contributed by atoms with Crippen LogP contribution in [0.5, 0.6) is 0 Å². The molecule has 2 bridgehead atoms. The van der Waals surface area contributed by atoms with Gasteiger partial charge in [0.05, 0.1) is 36.2 Å². The van der Waals surface area contributed by atoms with Crippen LogP contribution in [0.4, 0.5) is 0 Å². The summed E-state index contributed by atoms with van der Waals surface area (Å²) in [5.41, 5.74) is 0.988. The molecule has 4 unspecified atom stereocenters. The number of hydrogen-bond donors (Lipinski definition) is 0. The standard InChI is InChI=1S/C19H23Cl2NO4/c1-3-26-17(23)10-22-12-5-7-16(22)18(19(24)25-2)13(9-12)11-4-6-14(20)15(21)8-11/h4,6,8,12-13,16,18H,3,5,7,9-10H2,1-2H3. The van der Waals surface area contributed by atoms with Crippen molar-refractivity contribution in [1.29, 1.82) is 0 Å². The first-order valence-corrected chi connectivity index (χ1v) is 9.66. The van der Waals surface area contributed by atoms with Gasteiger partial charge in [-0.3, -0.25) is 14.5 Å². The average Bonchev–Trinajstić information content (AvgIpc) is 2.88. The van der Waals surface area contributed by atoms with Crippen LogP contribution >= 0.6 is 23.2 Å². The number of fused-ring (bicyclic) bond motifs is 2.